The van der Waals surface area contributed by atoms with Crippen molar-refractivity contribution in [2.75, 3.05) is 26.6 Å². The lowest BCUT2D eigenvalue weighted by atomic mass is 10.1. The summed E-state index contributed by atoms with van der Waals surface area (Å²) in [5.74, 6) is 2.72. The third-order valence-corrected chi connectivity index (χ3v) is 3.88. The topological polar surface area (TPSA) is 39.7 Å². The first-order valence-electron chi connectivity index (χ1n) is 6.76. The van der Waals surface area contributed by atoms with Crippen molar-refractivity contribution in [3.63, 3.8) is 0 Å². The molecule has 4 heteroatoms. The summed E-state index contributed by atoms with van der Waals surface area (Å²) in [6, 6.07) is 4.46. The largest absolute Gasteiger partial charge is 0.493 e. The van der Waals surface area contributed by atoms with Crippen molar-refractivity contribution in [2.24, 2.45) is 5.92 Å². The fraction of sp³-hybridized carbons (Fsp3) is 0.600. The standard InChI is InChI=1S/C15H23NO3/c1-10-6-5-7-12(10)16-11-8-13(17-2)15(19-4)14(9-11)18-3/h8-10,12,16H,5-7H2,1-4H3. The molecule has 2 unspecified atom stereocenters. The summed E-state index contributed by atoms with van der Waals surface area (Å²) in [5, 5.41) is 3.58. The summed E-state index contributed by atoms with van der Waals surface area (Å²) in [7, 11) is 4.89. The number of hydrogen-bond acceptors (Lipinski definition) is 4. The van der Waals surface area contributed by atoms with Crippen LogP contribution in [0.2, 0.25) is 0 Å². The Morgan fingerprint density at radius 1 is 1.00 bits per heavy atom. The zero-order valence-electron chi connectivity index (χ0n) is 12.2. The molecule has 0 aliphatic heterocycles. The molecule has 1 fully saturated rings. The number of nitrogens with one attached hydrogen (secondary N) is 1. The quantitative estimate of drug-likeness (QED) is 0.886. The van der Waals surface area contributed by atoms with Crippen molar-refractivity contribution < 1.29 is 14.2 Å². The first-order valence-corrected chi connectivity index (χ1v) is 6.76. The molecule has 106 valence electrons. The van der Waals surface area contributed by atoms with Gasteiger partial charge in [0.25, 0.3) is 0 Å². The van der Waals surface area contributed by atoms with Crippen molar-refractivity contribution in [3.8, 4) is 17.2 Å². The van der Waals surface area contributed by atoms with Gasteiger partial charge in [0.15, 0.2) is 11.5 Å². The predicted molar refractivity (Wildman–Crippen MR) is 76.5 cm³/mol. The van der Waals surface area contributed by atoms with Crippen LogP contribution in [-0.4, -0.2) is 27.4 Å². The highest BCUT2D eigenvalue weighted by atomic mass is 16.5. The highest BCUT2D eigenvalue weighted by molar-refractivity contribution is 5.62. The zero-order valence-corrected chi connectivity index (χ0v) is 12.2. The molecule has 0 spiro atoms. The van der Waals surface area contributed by atoms with E-state index >= 15 is 0 Å². The van der Waals surface area contributed by atoms with Gasteiger partial charge in [-0.15, -0.1) is 0 Å². The van der Waals surface area contributed by atoms with Gasteiger partial charge in [-0.3, -0.25) is 0 Å². The van der Waals surface area contributed by atoms with Crippen LogP contribution in [0.3, 0.4) is 0 Å². The molecule has 1 N–H and O–H groups in total. The second-order valence-electron chi connectivity index (χ2n) is 5.07. The first-order chi connectivity index (χ1) is 9.19. The van der Waals surface area contributed by atoms with E-state index in [0.29, 0.717) is 29.2 Å². The summed E-state index contributed by atoms with van der Waals surface area (Å²) in [5.41, 5.74) is 1.02. The molecule has 0 aromatic heterocycles. The molecular weight excluding hydrogens is 242 g/mol. The van der Waals surface area contributed by atoms with Gasteiger partial charge in [0.1, 0.15) is 0 Å². The summed E-state index contributed by atoms with van der Waals surface area (Å²) >= 11 is 0. The molecule has 0 saturated heterocycles. The highest BCUT2D eigenvalue weighted by Gasteiger charge is 2.24. The van der Waals surface area contributed by atoms with Crippen molar-refractivity contribution in [3.05, 3.63) is 12.1 Å². The Morgan fingerprint density at radius 3 is 2.05 bits per heavy atom. The SMILES string of the molecule is COc1cc(NC2CCCC2C)cc(OC)c1OC. The fourth-order valence-corrected chi connectivity index (χ4v) is 2.74. The van der Waals surface area contributed by atoms with Crippen LogP contribution in [0.15, 0.2) is 12.1 Å². The van der Waals surface area contributed by atoms with E-state index < -0.39 is 0 Å². The second kappa shape index (κ2) is 6.04. The lowest BCUT2D eigenvalue weighted by Crippen LogP contribution is -2.21. The molecule has 0 amide bonds. The van der Waals surface area contributed by atoms with Crippen molar-refractivity contribution in [1.29, 1.82) is 0 Å². The number of anilines is 1. The summed E-state index contributed by atoms with van der Waals surface area (Å²) in [4.78, 5) is 0. The molecule has 0 radical (unpaired) electrons. The van der Waals surface area contributed by atoms with Gasteiger partial charge in [-0.05, 0) is 18.8 Å². The van der Waals surface area contributed by atoms with Crippen molar-refractivity contribution in [2.45, 2.75) is 32.2 Å². The number of hydrogen-bond donors (Lipinski definition) is 1. The third-order valence-electron chi connectivity index (χ3n) is 3.88. The van der Waals surface area contributed by atoms with E-state index in [2.05, 4.69) is 12.2 Å². The van der Waals surface area contributed by atoms with E-state index in [9.17, 15) is 0 Å². The summed E-state index contributed by atoms with van der Waals surface area (Å²) in [6.07, 6.45) is 3.81. The maximum absolute atomic E-state index is 5.37. The predicted octanol–water partition coefficient (Wildman–Crippen LogP) is 3.31. The van der Waals surface area contributed by atoms with Crippen LogP contribution in [-0.2, 0) is 0 Å². The number of ether oxygens (including phenoxy) is 3. The van der Waals surface area contributed by atoms with Gasteiger partial charge in [0.2, 0.25) is 5.75 Å². The Kier molecular flexibility index (Phi) is 4.40. The Morgan fingerprint density at radius 2 is 1.63 bits per heavy atom. The van der Waals surface area contributed by atoms with E-state index in [1.54, 1.807) is 21.3 Å². The lowest BCUT2D eigenvalue weighted by Gasteiger charge is -2.21. The first kappa shape index (κ1) is 13.8. The number of rotatable bonds is 5. The monoisotopic (exact) mass is 265 g/mol. The molecule has 1 aromatic rings. The second-order valence-corrected chi connectivity index (χ2v) is 5.07. The average molecular weight is 265 g/mol. The van der Waals surface area contributed by atoms with Crippen LogP contribution in [0.1, 0.15) is 26.2 Å². The van der Waals surface area contributed by atoms with Crippen LogP contribution < -0.4 is 19.5 Å². The summed E-state index contributed by atoms with van der Waals surface area (Å²) < 4.78 is 16.1. The molecule has 2 atom stereocenters. The van der Waals surface area contributed by atoms with Gasteiger partial charge in [-0.2, -0.15) is 0 Å². The Balaban J connectivity index is 2.25. The molecule has 0 heterocycles. The van der Waals surface area contributed by atoms with Gasteiger partial charge < -0.3 is 19.5 Å². The molecule has 4 nitrogen and oxygen atoms in total. The molecule has 1 aliphatic rings. The van der Waals surface area contributed by atoms with Crippen LogP contribution >= 0.6 is 0 Å². The van der Waals surface area contributed by atoms with Gasteiger partial charge in [-0.1, -0.05) is 13.3 Å². The Hall–Kier alpha value is -1.58. The molecule has 1 aliphatic carbocycles. The average Bonchev–Trinajstić information content (AvgIpc) is 2.83. The molecule has 0 bridgehead atoms. The van der Waals surface area contributed by atoms with Crippen molar-refractivity contribution >= 4 is 5.69 Å². The minimum absolute atomic E-state index is 0.530. The van der Waals surface area contributed by atoms with E-state index in [4.69, 9.17) is 14.2 Å². The van der Waals surface area contributed by atoms with E-state index in [-0.39, 0.29) is 0 Å². The van der Waals surface area contributed by atoms with E-state index in [1.165, 1.54) is 19.3 Å². The van der Waals surface area contributed by atoms with Crippen LogP contribution in [0.25, 0.3) is 0 Å². The maximum atomic E-state index is 5.37. The minimum Gasteiger partial charge on any atom is -0.493 e. The molecule has 1 saturated carbocycles. The van der Waals surface area contributed by atoms with Gasteiger partial charge in [-0.25, -0.2) is 0 Å². The van der Waals surface area contributed by atoms with Gasteiger partial charge in [0, 0.05) is 23.9 Å². The van der Waals surface area contributed by atoms with Crippen molar-refractivity contribution in [1.82, 2.24) is 0 Å². The minimum atomic E-state index is 0.530. The fourth-order valence-electron chi connectivity index (χ4n) is 2.74. The van der Waals surface area contributed by atoms with Crippen LogP contribution in [0.4, 0.5) is 5.69 Å². The normalized spacial score (nSPS) is 22.1. The van der Waals surface area contributed by atoms with E-state index in [0.717, 1.165) is 5.69 Å². The molecular formula is C15H23NO3. The van der Waals surface area contributed by atoms with Crippen LogP contribution in [0, 0.1) is 5.92 Å². The van der Waals surface area contributed by atoms with Gasteiger partial charge in [0.05, 0.1) is 21.3 Å². The third kappa shape index (κ3) is 2.88. The number of benzene rings is 1. The van der Waals surface area contributed by atoms with E-state index in [1.807, 2.05) is 12.1 Å². The number of methoxy groups -OCH3 is 3. The molecule has 2 rings (SSSR count). The maximum Gasteiger partial charge on any atom is 0.203 e. The Bertz CT molecular complexity index is 408. The van der Waals surface area contributed by atoms with Gasteiger partial charge >= 0.3 is 0 Å². The molecule has 1 aromatic carbocycles. The summed E-state index contributed by atoms with van der Waals surface area (Å²) in [6.45, 7) is 2.29. The smallest absolute Gasteiger partial charge is 0.203 e. The molecule has 19 heavy (non-hydrogen) atoms. The zero-order chi connectivity index (χ0) is 13.8. The lowest BCUT2D eigenvalue weighted by molar-refractivity contribution is 0.324. The highest BCUT2D eigenvalue weighted by Crippen LogP contribution is 2.40. The Labute approximate surface area is 115 Å². The van der Waals surface area contributed by atoms with Crippen LogP contribution in [0.5, 0.6) is 17.2 Å².